The highest BCUT2D eigenvalue weighted by molar-refractivity contribution is 5.85. The van der Waals surface area contributed by atoms with Gasteiger partial charge in [-0.15, -0.1) is 0 Å². The van der Waals surface area contributed by atoms with Crippen molar-refractivity contribution in [3.63, 3.8) is 0 Å². The van der Waals surface area contributed by atoms with Crippen molar-refractivity contribution in [2.24, 2.45) is 0 Å². The van der Waals surface area contributed by atoms with Crippen molar-refractivity contribution in [3.05, 3.63) is 48.5 Å². The Hall–Kier alpha value is -3.50. The Morgan fingerprint density at radius 3 is 1.49 bits per heavy atom. The zero-order valence-electron chi connectivity index (χ0n) is 20.1. The average molecular weight is 485 g/mol. The quantitative estimate of drug-likeness (QED) is 0.298. The van der Waals surface area contributed by atoms with Gasteiger partial charge in [-0.25, -0.2) is 9.59 Å². The number of anilines is 4. The van der Waals surface area contributed by atoms with Crippen LogP contribution in [0.15, 0.2) is 48.5 Å². The van der Waals surface area contributed by atoms with Crippen molar-refractivity contribution in [1.29, 1.82) is 0 Å². The van der Waals surface area contributed by atoms with E-state index in [0.29, 0.717) is 36.0 Å². The maximum absolute atomic E-state index is 11.9. The molecule has 2 amide bonds. The van der Waals surface area contributed by atoms with Gasteiger partial charge in [-0.1, -0.05) is 0 Å². The number of amides is 2. The molecular formula is C25H36N6O4. The molecule has 3 rings (SSSR count). The summed E-state index contributed by atoms with van der Waals surface area (Å²) in [5.74, 6) is 0. The van der Waals surface area contributed by atoms with Crippen molar-refractivity contribution >= 4 is 34.9 Å². The Kier molecular flexibility index (Phi) is 10.5. The maximum Gasteiger partial charge on any atom is 0.411 e. The number of nitrogens with one attached hydrogen (secondary N) is 2. The third-order valence-electron chi connectivity index (χ3n) is 5.70. The largest absolute Gasteiger partial charge is 0.449 e. The summed E-state index contributed by atoms with van der Waals surface area (Å²) in [7, 11) is 0. The number of ether oxygens (including phenoxy) is 2. The van der Waals surface area contributed by atoms with E-state index in [2.05, 4.69) is 20.4 Å². The molecule has 1 saturated heterocycles. The van der Waals surface area contributed by atoms with Gasteiger partial charge >= 0.3 is 12.2 Å². The standard InChI is InChI=1S/C25H36N6O4/c26-20-4-8-22(9-5-20)28-24(32)34-18-2-14-30-12-1-13-31(17-16-30)15-3-19-35-25(33)29-23-10-6-21(27)7-11-23/h4-11H,1-3,12-19,26-27H2,(H,28,32)(H,29,33). The van der Waals surface area contributed by atoms with Crippen LogP contribution in [0.1, 0.15) is 19.3 Å². The number of hydrogen-bond acceptors (Lipinski definition) is 8. The van der Waals surface area contributed by atoms with Crippen LogP contribution in [0, 0.1) is 0 Å². The average Bonchev–Trinajstić information content (AvgIpc) is 3.08. The molecule has 1 aliphatic heterocycles. The first-order chi connectivity index (χ1) is 17.0. The van der Waals surface area contributed by atoms with E-state index in [1.54, 1.807) is 48.5 Å². The Morgan fingerprint density at radius 1 is 0.686 bits per heavy atom. The molecule has 0 saturated carbocycles. The fraction of sp³-hybridized carbons (Fsp3) is 0.440. The predicted octanol–water partition coefficient (Wildman–Crippen LogP) is 3.44. The minimum atomic E-state index is -0.457. The molecule has 6 N–H and O–H groups in total. The van der Waals surface area contributed by atoms with Crippen LogP contribution >= 0.6 is 0 Å². The fourth-order valence-electron chi connectivity index (χ4n) is 3.82. The summed E-state index contributed by atoms with van der Waals surface area (Å²) in [6.07, 6.45) is 1.73. The van der Waals surface area contributed by atoms with Crippen molar-refractivity contribution in [1.82, 2.24) is 9.80 Å². The second-order valence-electron chi connectivity index (χ2n) is 8.51. The van der Waals surface area contributed by atoms with Gasteiger partial charge in [-0.2, -0.15) is 0 Å². The van der Waals surface area contributed by atoms with E-state index >= 15 is 0 Å². The fourth-order valence-corrected chi connectivity index (χ4v) is 3.82. The molecule has 2 aromatic carbocycles. The Bertz CT molecular complexity index is 847. The smallest absolute Gasteiger partial charge is 0.411 e. The maximum atomic E-state index is 11.9. The topological polar surface area (TPSA) is 135 Å². The van der Waals surface area contributed by atoms with Crippen LogP contribution in [0.3, 0.4) is 0 Å². The normalized spacial score (nSPS) is 14.6. The van der Waals surface area contributed by atoms with Gasteiger partial charge in [-0.05, 0) is 80.9 Å². The molecule has 1 heterocycles. The molecule has 0 bridgehead atoms. The van der Waals surface area contributed by atoms with Gasteiger partial charge in [0.15, 0.2) is 0 Å². The molecule has 0 aromatic heterocycles. The Balaban J connectivity index is 1.22. The number of nitrogens with zero attached hydrogens (tertiary/aromatic N) is 2. The highest BCUT2D eigenvalue weighted by Crippen LogP contribution is 2.12. The first-order valence-electron chi connectivity index (χ1n) is 12.0. The lowest BCUT2D eigenvalue weighted by atomic mass is 10.3. The number of rotatable bonds is 10. The Labute approximate surface area is 206 Å². The lowest BCUT2D eigenvalue weighted by molar-refractivity contribution is 0.149. The Morgan fingerprint density at radius 2 is 1.09 bits per heavy atom. The van der Waals surface area contributed by atoms with Crippen LogP contribution in [0.5, 0.6) is 0 Å². The summed E-state index contributed by atoms with van der Waals surface area (Å²) >= 11 is 0. The van der Waals surface area contributed by atoms with Crippen molar-refractivity contribution in [2.45, 2.75) is 19.3 Å². The summed E-state index contributed by atoms with van der Waals surface area (Å²) in [4.78, 5) is 28.6. The molecule has 35 heavy (non-hydrogen) atoms. The highest BCUT2D eigenvalue weighted by Gasteiger charge is 2.15. The lowest BCUT2D eigenvalue weighted by Crippen LogP contribution is -2.32. The first-order valence-corrected chi connectivity index (χ1v) is 12.0. The minimum Gasteiger partial charge on any atom is -0.449 e. The van der Waals surface area contributed by atoms with E-state index in [9.17, 15) is 9.59 Å². The number of hydrogen-bond donors (Lipinski definition) is 4. The molecule has 0 unspecified atom stereocenters. The summed E-state index contributed by atoms with van der Waals surface area (Å²) in [5, 5.41) is 5.38. The zero-order valence-corrected chi connectivity index (χ0v) is 20.1. The van der Waals surface area contributed by atoms with Crippen LogP contribution in [0.25, 0.3) is 0 Å². The van der Waals surface area contributed by atoms with Gasteiger partial charge < -0.3 is 30.7 Å². The monoisotopic (exact) mass is 484 g/mol. The number of carbonyl (C=O) groups is 2. The third kappa shape index (κ3) is 10.1. The molecule has 0 atom stereocenters. The van der Waals surface area contributed by atoms with Crippen LogP contribution in [0.4, 0.5) is 32.3 Å². The third-order valence-corrected chi connectivity index (χ3v) is 5.70. The molecule has 1 fully saturated rings. The summed E-state index contributed by atoms with van der Waals surface area (Å²) in [6.45, 7) is 6.50. The molecule has 10 nitrogen and oxygen atoms in total. The number of nitrogens with two attached hydrogens (primary N) is 2. The molecule has 2 aromatic rings. The van der Waals surface area contributed by atoms with Crippen LogP contribution in [0.2, 0.25) is 0 Å². The highest BCUT2D eigenvalue weighted by atomic mass is 16.6. The summed E-state index contributed by atoms with van der Waals surface area (Å²) in [5.41, 5.74) is 13.9. The van der Waals surface area contributed by atoms with Crippen molar-refractivity contribution in [3.8, 4) is 0 Å². The van der Waals surface area contributed by atoms with E-state index in [1.165, 1.54) is 0 Å². The van der Waals surface area contributed by atoms with Crippen LogP contribution in [-0.2, 0) is 9.47 Å². The first kappa shape index (κ1) is 26.1. The van der Waals surface area contributed by atoms with Crippen molar-refractivity contribution in [2.75, 3.05) is 74.6 Å². The van der Waals surface area contributed by atoms with Gasteiger partial charge in [0.05, 0.1) is 13.2 Å². The summed E-state index contributed by atoms with van der Waals surface area (Å²) < 4.78 is 10.6. The van der Waals surface area contributed by atoms with Crippen molar-refractivity contribution < 1.29 is 19.1 Å². The van der Waals surface area contributed by atoms with E-state index in [1.807, 2.05) is 0 Å². The molecule has 0 radical (unpaired) electrons. The van der Waals surface area contributed by atoms with Gasteiger partial charge in [0.25, 0.3) is 0 Å². The van der Waals surface area contributed by atoms with Crippen LogP contribution in [-0.4, -0.2) is 74.5 Å². The second-order valence-corrected chi connectivity index (χ2v) is 8.51. The SMILES string of the molecule is Nc1ccc(NC(=O)OCCCN2CCCN(CCCOC(=O)Nc3ccc(N)cc3)CC2)cc1. The van der Waals surface area contributed by atoms with Gasteiger partial charge in [0.2, 0.25) is 0 Å². The summed E-state index contributed by atoms with van der Waals surface area (Å²) in [6, 6.07) is 13.9. The van der Waals surface area contributed by atoms with E-state index in [4.69, 9.17) is 20.9 Å². The van der Waals surface area contributed by atoms with E-state index < -0.39 is 12.2 Å². The number of nitrogen functional groups attached to an aromatic ring is 2. The minimum absolute atomic E-state index is 0.372. The van der Waals surface area contributed by atoms with Gasteiger partial charge in [0, 0.05) is 48.9 Å². The predicted molar refractivity (Wildman–Crippen MR) is 138 cm³/mol. The number of carbonyl (C=O) groups excluding carboxylic acids is 2. The molecule has 190 valence electrons. The van der Waals surface area contributed by atoms with Gasteiger partial charge in [0.1, 0.15) is 0 Å². The van der Waals surface area contributed by atoms with Crippen LogP contribution < -0.4 is 22.1 Å². The molecule has 0 aliphatic carbocycles. The number of benzene rings is 2. The lowest BCUT2D eigenvalue weighted by Gasteiger charge is -2.21. The molecular weight excluding hydrogens is 448 g/mol. The molecule has 1 aliphatic rings. The van der Waals surface area contributed by atoms with Gasteiger partial charge in [-0.3, -0.25) is 10.6 Å². The molecule has 0 spiro atoms. The van der Waals surface area contributed by atoms with E-state index in [-0.39, 0.29) is 0 Å². The second kappa shape index (κ2) is 14.0. The zero-order chi connectivity index (χ0) is 24.9. The molecule has 10 heteroatoms. The van der Waals surface area contributed by atoms with E-state index in [0.717, 1.165) is 58.5 Å².